The Morgan fingerprint density at radius 2 is 1.61 bits per heavy atom. The smallest absolute Gasteiger partial charge is 0.291 e. The largest absolute Gasteiger partial charge is 0.378 e. The van der Waals surface area contributed by atoms with Crippen LogP contribution in [0.15, 0.2) is 59.4 Å². The molecular weight excluding hydrogens is 440 g/mol. The number of anilines is 1. The van der Waals surface area contributed by atoms with Crippen LogP contribution in [0, 0.1) is 22.7 Å². The van der Waals surface area contributed by atoms with Crippen molar-refractivity contribution in [3.8, 4) is 29.0 Å². The second kappa shape index (κ2) is 8.44. The number of morpholine rings is 1. The van der Waals surface area contributed by atoms with Crippen LogP contribution < -0.4 is 10.5 Å². The highest BCUT2D eigenvalue weighted by Gasteiger charge is 2.28. The number of para-hydroxylation sites is 1. The van der Waals surface area contributed by atoms with E-state index < -0.39 is 5.56 Å². The van der Waals surface area contributed by atoms with Crippen LogP contribution in [0.3, 0.4) is 0 Å². The van der Waals surface area contributed by atoms with Crippen molar-refractivity contribution >= 4 is 23.2 Å². The molecule has 1 aliphatic heterocycles. The summed E-state index contributed by atoms with van der Waals surface area (Å²) in [5.74, 6) is 0.509. The Bertz CT molecular complexity index is 1490. The number of rotatable bonds is 3. The molecule has 0 N–H and O–H groups in total. The van der Waals surface area contributed by atoms with Crippen LogP contribution in [0.4, 0.5) is 5.95 Å². The Hall–Kier alpha value is -4.11. The highest BCUT2D eigenvalue weighted by atomic mass is 35.5. The van der Waals surface area contributed by atoms with Gasteiger partial charge in [0.1, 0.15) is 23.3 Å². The van der Waals surface area contributed by atoms with Gasteiger partial charge >= 0.3 is 0 Å². The number of fused-ring (bicyclic) bond motifs is 1. The van der Waals surface area contributed by atoms with Crippen molar-refractivity contribution in [2.75, 3.05) is 31.2 Å². The van der Waals surface area contributed by atoms with Crippen molar-refractivity contribution in [2.24, 2.45) is 0 Å². The van der Waals surface area contributed by atoms with Crippen LogP contribution in [-0.4, -0.2) is 40.5 Å². The zero-order valence-corrected chi connectivity index (χ0v) is 18.2. The van der Waals surface area contributed by atoms with Crippen LogP contribution in [-0.2, 0) is 4.74 Å². The molecule has 3 heterocycles. The third kappa shape index (κ3) is 3.42. The molecule has 1 fully saturated rings. The third-order valence-corrected chi connectivity index (χ3v) is 5.85. The molecule has 1 aliphatic rings. The van der Waals surface area contributed by atoms with Crippen molar-refractivity contribution in [1.29, 1.82) is 10.5 Å². The fraction of sp³-hybridized carbons (Fsp3) is 0.167. The molecule has 1 saturated heterocycles. The van der Waals surface area contributed by atoms with E-state index in [4.69, 9.17) is 16.3 Å². The summed E-state index contributed by atoms with van der Waals surface area (Å²) in [7, 11) is 0. The summed E-state index contributed by atoms with van der Waals surface area (Å²) < 4.78 is 8.44. The lowest BCUT2D eigenvalue weighted by molar-refractivity contribution is 0.122. The van der Waals surface area contributed by atoms with Gasteiger partial charge < -0.3 is 9.64 Å². The predicted octanol–water partition coefficient (Wildman–Crippen LogP) is 3.39. The molecule has 0 atom stereocenters. The lowest BCUT2D eigenvalue weighted by Gasteiger charge is -2.27. The lowest BCUT2D eigenvalue weighted by Crippen LogP contribution is -2.38. The maximum atomic E-state index is 13.5. The number of pyridine rings is 1. The highest BCUT2D eigenvalue weighted by molar-refractivity contribution is 6.30. The number of hydrogen-bond acceptors (Lipinski definition) is 6. The van der Waals surface area contributed by atoms with E-state index in [0.717, 1.165) is 10.2 Å². The van der Waals surface area contributed by atoms with Gasteiger partial charge in [0.15, 0.2) is 5.65 Å². The van der Waals surface area contributed by atoms with Crippen LogP contribution in [0.5, 0.6) is 0 Å². The molecule has 162 valence electrons. The van der Waals surface area contributed by atoms with Crippen LogP contribution in [0.25, 0.3) is 22.5 Å². The average molecular weight is 457 g/mol. The number of nitriles is 2. The summed E-state index contributed by atoms with van der Waals surface area (Å²) >= 11 is 6.04. The molecule has 0 aliphatic carbocycles. The summed E-state index contributed by atoms with van der Waals surface area (Å²) in [5.41, 5.74) is 1.34. The summed E-state index contributed by atoms with van der Waals surface area (Å²) in [4.78, 5) is 15.5. The van der Waals surface area contributed by atoms with Crippen LogP contribution >= 0.6 is 11.6 Å². The van der Waals surface area contributed by atoms with Gasteiger partial charge in [-0.2, -0.15) is 15.0 Å². The van der Waals surface area contributed by atoms with Gasteiger partial charge in [0.2, 0.25) is 5.95 Å². The molecule has 0 amide bonds. The third-order valence-electron chi connectivity index (χ3n) is 5.60. The maximum Gasteiger partial charge on any atom is 0.291 e. The number of aromatic nitrogens is 3. The minimum absolute atomic E-state index is 0.141. The van der Waals surface area contributed by atoms with Crippen molar-refractivity contribution in [2.45, 2.75) is 0 Å². The van der Waals surface area contributed by atoms with Crippen molar-refractivity contribution < 1.29 is 4.74 Å². The second-order valence-corrected chi connectivity index (χ2v) is 7.90. The van der Waals surface area contributed by atoms with E-state index in [1.165, 1.54) is 0 Å². The Kier molecular flexibility index (Phi) is 5.31. The zero-order valence-electron chi connectivity index (χ0n) is 17.4. The number of benzene rings is 2. The fourth-order valence-corrected chi connectivity index (χ4v) is 4.20. The molecule has 0 bridgehead atoms. The maximum absolute atomic E-state index is 13.5. The average Bonchev–Trinajstić information content (AvgIpc) is 3.26. The topological polar surface area (TPSA) is 99.3 Å². The predicted molar refractivity (Wildman–Crippen MR) is 124 cm³/mol. The summed E-state index contributed by atoms with van der Waals surface area (Å²) in [6, 6.07) is 20.4. The van der Waals surface area contributed by atoms with Crippen molar-refractivity contribution in [3.05, 3.63) is 81.1 Å². The van der Waals surface area contributed by atoms with Gasteiger partial charge in [-0.3, -0.25) is 9.36 Å². The summed E-state index contributed by atoms with van der Waals surface area (Å²) in [6.45, 7) is 2.22. The van der Waals surface area contributed by atoms with E-state index in [9.17, 15) is 15.3 Å². The van der Waals surface area contributed by atoms with E-state index >= 15 is 0 Å². The van der Waals surface area contributed by atoms with Gasteiger partial charge in [-0.05, 0) is 29.8 Å². The molecule has 4 aromatic rings. The molecule has 2 aromatic carbocycles. The first-order chi connectivity index (χ1) is 16.1. The monoisotopic (exact) mass is 456 g/mol. The molecule has 0 saturated carbocycles. The van der Waals surface area contributed by atoms with Gasteiger partial charge in [0, 0.05) is 23.7 Å². The fourth-order valence-electron chi connectivity index (χ4n) is 4.08. The molecular formula is C24H17ClN6O2. The van der Waals surface area contributed by atoms with Gasteiger partial charge in [0.25, 0.3) is 5.56 Å². The first kappa shape index (κ1) is 20.8. The van der Waals surface area contributed by atoms with Gasteiger partial charge in [-0.1, -0.05) is 41.9 Å². The Morgan fingerprint density at radius 1 is 0.939 bits per heavy atom. The van der Waals surface area contributed by atoms with Gasteiger partial charge in [-0.15, -0.1) is 5.10 Å². The van der Waals surface area contributed by atoms with Crippen molar-refractivity contribution in [1.82, 2.24) is 14.2 Å². The van der Waals surface area contributed by atoms with E-state index in [-0.39, 0.29) is 16.7 Å². The molecule has 33 heavy (non-hydrogen) atoms. The van der Waals surface area contributed by atoms with Crippen LogP contribution in [0.1, 0.15) is 11.1 Å². The standard InChI is InChI=1S/C24H17ClN6O2/c25-17-8-6-16(7-9-17)21-19(14-26)22-30(18-4-2-1-3-5-18)24(29-10-12-33-13-11-29)28-31(22)23(32)20(21)15-27/h1-9H,10-13H2. The highest BCUT2D eigenvalue weighted by Crippen LogP contribution is 2.32. The molecule has 0 spiro atoms. The number of ether oxygens (including phenoxy) is 1. The number of halogens is 1. The van der Waals surface area contributed by atoms with Crippen LogP contribution in [0.2, 0.25) is 5.02 Å². The Balaban J connectivity index is 1.94. The minimum atomic E-state index is -0.583. The number of nitrogens with zero attached hydrogens (tertiary/aromatic N) is 6. The summed E-state index contributed by atoms with van der Waals surface area (Å²) in [5, 5.41) is 25.2. The normalized spacial score (nSPS) is 13.6. The molecule has 0 radical (unpaired) electrons. The molecule has 9 heteroatoms. The Labute approximate surface area is 194 Å². The van der Waals surface area contributed by atoms with Gasteiger partial charge in [0.05, 0.1) is 18.9 Å². The van der Waals surface area contributed by atoms with E-state index in [2.05, 4.69) is 11.2 Å². The molecule has 5 rings (SSSR count). The first-order valence-corrected chi connectivity index (χ1v) is 10.7. The van der Waals surface area contributed by atoms with E-state index in [1.807, 2.05) is 41.3 Å². The van der Waals surface area contributed by atoms with Crippen molar-refractivity contribution in [3.63, 3.8) is 0 Å². The summed E-state index contributed by atoms with van der Waals surface area (Å²) in [6.07, 6.45) is 0. The minimum Gasteiger partial charge on any atom is -0.378 e. The SMILES string of the molecule is N#Cc1c(-c2ccc(Cl)cc2)c(C#N)c2n(-c3ccccc3)c(N3CCOCC3)nn2c1=O. The zero-order chi connectivity index (χ0) is 22.9. The first-order valence-electron chi connectivity index (χ1n) is 10.3. The molecule has 8 nitrogen and oxygen atoms in total. The molecule has 0 unspecified atom stereocenters. The Morgan fingerprint density at radius 3 is 2.24 bits per heavy atom. The van der Waals surface area contributed by atoms with E-state index in [1.54, 1.807) is 28.8 Å². The number of hydrogen-bond donors (Lipinski definition) is 0. The lowest BCUT2D eigenvalue weighted by atomic mass is 9.97. The van der Waals surface area contributed by atoms with E-state index in [0.29, 0.717) is 48.5 Å². The second-order valence-electron chi connectivity index (χ2n) is 7.47. The quantitative estimate of drug-likeness (QED) is 0.468. The van der Waals surface area contributed by atoms with Gasteiger partial charge in [-0.25, -0.2) is 0 Å². The molecule has 2 aromatic heterocycles.